The van der Waals surface area contributed by atoms with Crippen molar-refractivity contribution in [1.29, 1.82) is 0 Å². The molecule has 3 heterocycles. The smallest absolute Gasteiger partial charge is 0.217 e. The van der Waals surface area contributed by atoms with Crippen LogP contribution in [0.1, 0.15) is 29.6 Å². The van der Waals surface area contributed by atoms with E-state index in [1.165, 1.54) is 0 Å². The third-order valence-electron chi connectivity index (χ3n) is 3.99. The predicted octanol–water partition coefficient (Wildman–Crippen LogP) is 1.18. The molecule has 0 radical (unpaired) electrons. The van der Waals surface area contributed by atoms with Gasteiger partial charge in [-0.05, 0) is 31.0 Å². The zero-order chi connectivity index (χ0) is 16.9. The molecule has 3 rings (SSSR count). The van der Waals surface area contributed by atoms with Crippen molar-refractivity contribution in [2.24, 2.45) is 5.73 Å². The number of amides is 1. The van der Waals surface area contributed by atoms with E-state index in [1.807, 2.05) is 25.1 Å². The maximum Gasteiger partial charge on any atom is 0.217 e. The number of aryl methyl sites for hydroxylation is 2. The molecule has 7 heteroatoms. The van der Waals surface area contributed by atoms with E-state index < -0.39 is 0 Å². The summed E-state index contributed by atoms with van der Waals surface area (Å²) in [6.45, 7) is 4.00. The summed E-state index contributed by atoms with van der Waals surface area (Å²) in [4.78, 5) is 26.1. The third kappa shape index (κ3) is 4.05. The molecule has 1 aliphatic rings. The molecule has 0 aromatic carbocycles. The number of hydrogen-bond donors (Lipinski definition) is 1. The number of nitrogens with zero attached hydrogens (tertiary/aromatic N) is 4. The van der Waals surface area contributed by atoms with Crippen LogP contribution in [0, 0.1) is 6.92 Å². The van der Waals surface area contributed by atoms with Crippen LogP contribution in [0.15, 0.2) is 30.6 Å². The summed E-state index contributed by atoms with van der Waals surface area (Å²) in [5.74, 6) is 1.37. The Labute approximate surface area is 140 Å². The number of carbonyl (C=O) groups excluding carboxylic acids is 1. The Morgan fingerprint density at radius 2 is 2.25 bits per heavy atom. The molecule has 1 aliphatic heterocycles. The minimum Gasteiger partial charge on any atom is -0.370 e. The van der Waals surface area contributed by atoms with Crippen LogP contribution < -0.4 is 10.6 Å². The van der Waals surface area contributed by atoms with Gasteiger partial charge in [-0.2, -0.15) is 0 Å². The van der Waals surface area contributed by atoms with Crippen molar-refractivity contribution in [3.63, 3.8) is 0 Å². The minimum atomic E-state index is -0.300. The first kappa shape index (κ1) is 16.3. The number of aromatic nitrogens is 3. The van der Waals surface area contributed by atoms with Gasteiger partial charge in [-0.3, -0.25) is 9.78 Å². The summed E-state index contributed by atoms with van der Waals surface area (Å²) in [6, 6.07) is 5.84. The number of hydrogen-bond acceptors (Lipinski definition) is 6. The standard InChI is InChI=1S/C17H21N5O2/c1-12-19-7-6-17(21-12)22-8-9-24-15(11-22)14-4-2-13(10-20-14)3-5-16(18)23/h2,4,6-7,10,15H,3,5,8-9,11H2,1H3,(H2,18,23)/t15-/m1/s1. The van der Waals surface area contributed by atoms with Gasteiger partial charge in [0.1, 0.15) is 17.7 Å². The lowest BCUT2D eigenvalue weighted by atomic mass is 10.1. The molecular formula is C17H21N5O2. The summed E-state index contributed by atoms with van der Waals surface area (Å²) >= 11 is 0. The van der Waals surface area contributed by atoms with E-state index >= 15 is 0 Å². The molecule has 1 saturated heterocycles. The molecule has 1 atom stereocenters. The lowest BCUT2D eigenvalue weighted by molar-refractivity contribution is -0.117. The first-order chi connectivity index (χ1) is 11.6. The Bertz CT molecular complexity index is 704. The molecule has 1 amide bonds. The van der Waals surface area contributed by atoms with Crippen LogP contribution in [-0.2, 0) is 16.0 Å². The molecule has 7 nitrogen and oxygen atoms in total. The number of rotatable bonds is 5. The summed E-state index contributed by atoms with van der Waals surface area (Å²) in [6.07, 6.45) is 4.41. The van der Waals surface area contributed by atoms with E-state index in [0.29, 0.717) is 26.0 Å². The molecule has 1 fully saturated rings. The average molecular weight is 327 g/mol. The molecule has 2 aromatic heterocycles. The highest BCUT2D eigenvalue weighted by Gasteiger charge is 2.24. The summed E-state index contributed by atoms with van der Waals surface area (Å²) in [5, 5.41) is 0. The van der Waals surface area contributed by atoms with Gasteiger partial charge in [0.25, 0.3) is 0 Å². The van der Waals surface area contributed by atoms with Gasteiger partial charge in [-0.1, -0.05) is 6.07 Å². The first-order valence-electron chi connectivity index (χ1n) is 8.01. The molecule has 0 bridgehead atoms. The summed E-state index contributed by atoms with van der Waals surface area (Å²) in [5.41, 5.74) is 7.05. The Kier molecular flexibility index (Phi) is 5.00. The molecule has 0 unspecified atom stereocenters. The quantitative estimate of drug-likeness (QED) is 0.886. The second kappa shape index (κ2) is 7.35. The van der Waals surface area contributed by atoms with Crippen molar-refractivity contribution < 1.29 is 9.53 Å². The highest BCUT2D eigenvalue weighted by Crippen LogP contribution is 2.24. The van der Waals surface area contributed by atoms with Crippen molar-refractivity contribution in [3.05, 3.63) is 47.7 Å². The Balaban J connectivity index is 1.67. The van der Waals surface area contributed by atoms with Gasteiger partial charge in [0, 0.05) is 25.4 Å². The fraction of sp³-hybridized carbons (Fsp3) is 0.412. The molecular weight excluding hydrogens is 306 g/mol. The van der Waals surface area contributed by atoms with Crippen LogP contribution in [0.25, 0.3) is 0 Å². The van der Waals surface area contributed by atoms with Gasteiger partial charge < -0.3 is 15.4 Å². The van der Waals surface area contributed by atoms with Gasteiger partial charge in [0.15, 0.2) is 0 Å². The normalized spacial score (nSPS) is 17.7. The van der Waals surface area contributed by atoms with Crippen molar-refractivity contribution in [3.8, 4) is 0 Å². The fourth-order valence-electron chi connectivity index (χ4n) is 2.70. The molecule has 2 N–H and O–H groups in total. The number of pyridine rings is 1. The Morgan fingerprint density at radius 1 is 1.38 bits per heavy atom. The number of nitrogens with two attached hydrogens (primary N) is 1. The van der Waals surface area contributed by atoms with Gasteiger partial charge >= 0.3 is 0 Å². The second-order valence-electron chi connectivity index (χ2n) is 5.83. The number of carbonyl (C=O) groups is 1. The van der Waals surface area contributed by atoms with E-state index in [1.54, 1.807) is 12.4 Å². The SMILES string of the molecule is Cc1nccc(N2CCO[C@@H](c3ccc(CCC(N)=O)cn3)C2)n1. The van der Waals surface area contributed by atoms with E-state index in [2.05, 4.69) is 19.9 Å². The van der Waals surface area contributed by atoms with Crippen molar-refractivity contribution in [2.75, 3.05) is 24.6 Å². The van der Waals surface area contributed by atoms with Gasteiger partial charge in [0.2, 0.25) is 5.91 Å². The van der Waals surface area contributed by atoms with Crippen molar-refractivity contribution >= 4 is 11.7 Å². The van der Waals surface area contributed by atoms with E-state index in [4.69, 9.17) is 10.5 Å². The fourth-order valence-corrected chi connectivity index (χ4v) is 2.70. The first-order valence-corrected chi connectivity index (χ1v) is 8.01. The zero-order valence-corrected chi connectivity index (χ0v) is 13.7. The topological polar surface area (TPSA) is 94.2 Å². The zero-order valence-electron chi connectivity index (χ0n) is 13.7. The van der Waals surface area contributed by atoms with E-state index in [0.717, 1.165) is 29.4 Å². The lowest BCUT2D eigenvalue weighted by Gasteiger charge is -2.33. The van der Waals surface area contributed by atoms with Crippen LogP contribution >= 0.6 is 0 Å². The predicted molar refractivity (Wildman–Crippen MR) is 89.4 cm³/mol. The Hall–Kier alpha value is -2.54. The highest BCUT2D eigenvalue weighted by atomic mass is 16.5. The highest BCUT2D eigenvalue weighted by molar-refractivity contribution is 5.73. The minimum absolute atomic E-state index is 0.0980. The van der Waals surface area contributed by atoms with Crippen LogP contribution in [-0.4, -0.2) is 40.6 Å². The van der Waals surface area contributed by atoms with Gasteiger partial charge in [-0.15, -0.1) is 0 Å². The van der Waals surface area contributed by atoms with Crippen molar-refractivity contribution in [1.82, 2.24) is 15.0 Å². The molecule has 0 aliphatic carbocycles. The van der Waals surface area contributed by atoms with E-state index in [-0.39, 0.29) is 12.0 Å². The molecule has 24 heavy (non-hydrogen) atoms. The summed E-state index contributed by atoms with van der Waals surface area (Å²) in [7, 11) is 0. The second-order valence-corrected chi connectivity index (χ2v) is 5.83. The van der Waals surface area contributed by atoms with Gasteiger partial charge in [-0.25, -0.2) is 9.97 Å². The van der Waals surface area contributed by atoms with Crippen molar-refractivity contribution in [2.45, 2.75) is 25.9 Å². The van der Waals surface area contributed by atoms with E-state index in [9.17, 15) is 4.79 Å². The maximum atomic E-state index is 10.8. The molecule has 0 saturated carbocycles. The number of ether oxygens (including phenoxy) is 1. The molecule has 2 aromatic rings. The monoisotopic (exact) mass is 327 g/mol. The number of anilines is 1. The lowest BCUT2D eigenvalue weighted by Crippen LogP contribution is -2.39. The van der Waals surface area contributed by atoms with Crippen LogP contribution in [0.5, 0.6) is 0 Å². The number of morpholine rings is 1. The largest absolute Gasteiger partial charge is 0.370 e. The molecule has 0 spiro atoms. The third-order valence-corrected chi connectivity index (χ3v) is 3.99. The number of primary amides is 1. The van der Waals surface area contributed by atoms with Crippen LogP contribution in [0.3, 0.4) is 0 Å². The maximum absolute atomic E-state index is 10.8. The van der Waals surface area contributed by atoms with Crippen LogP contribution in [0.2, 0.25) is 0 Å². The van der Waals surface area contributed by atoms with Crippen LogP contribution in [0.4, 0.5) is 5.82 Å². The molecule has 126 valence electrons. The average Bonchev–Trinajstić information content (AvgIpc) is 2.60. The Morgan fingerprint density at radius 3 is 2.96 bits per heavy atom. The van der Waals surface area contributed by atoms with Gasteiger partial charge in [0.05, 0.1) is 18.8 Å². The summed E-state index contributed by atoms with van der Waals surface area (Å²) < 4.78 is 5.86.